The van der Waals surface area contributed by atoms with E-state index in [1.807, 2.05) is 38.1 Å². The first-order valence-electron chi connectivity index (χ1n) is 5.85. The molecule has 0 aliphatic carbocycles. The maximum Gasteiger partial charge on any atom is 0.133 e. The Balaban J connectivity index is 2.29. The molecule has 96 valence electrons. The van der Waals surface area contributed by atoms with E-state index in [0.29, 0.717) is 6.61 Å². The van der Waals surface area contributed by atoms with Gasteiger partial charge in [0, 0.05) is 0 Å². The zero-order chi connectivity index (χ0) is 13.1. The van der Waals surface area contributed by atoms with Crippen LogP contribution in [0.5, 0.6) is 5.75 Å². The van der Waals surface area contributed by atoms with Crippen LogP contribution < -0.4 is 10.5 Å². The van der Waals surface area contributed by atoms with Gasteiger partial charge in [-0.25, -0.2) is 0 Å². The topological polar surface area (TPSA) is 48.4 Å². The van der Waals surface area contributed by atoms with Gasteiger partial charge in [-0.15, -0.1) is 0 Å². The number of hydrogen-bond donors (Lipinski definition) is 1. The molecule has 1 atom stereocenters. The highest BCUT2D eigenvalue weighted by Gasteiger charge is 2.16. The minimum atomic E-state index is -0.257. The largest absolute Gasteiger partial charge is 0.493 e. The Kier molecular flexibility index (Phi) is 4.09. The summed E-state index contributed by atoms with van der Waals surface area (Å²) in [4.78, 5) is 0. The van der Waals surface area contributed by atoms with Gasteiger partial charge in [-0.1, -0.05) is 6.07 Å². The lowest BCUT2D eigenvalue weighted by atomic mass is 10.0. The van der Waals surface area contributed by atoms with Crippen molar-refractivity contribution in [1.82, 2.24) is 0 Å². The van der Waals surface area contributed by atoms with Crippen LogP contribution in [0.1, 0.15) is 29.9 Å². The van der Waals surface area contributed by atoms with Gasteiger partial charge in [0.1, 0.15) is 11.5 Å². The number of halogens is 1. The zero-order valence-corrected chi connectivity index (χ0v) is 12.0. The maximum atomic E-state index is 6.20. The van der Waals surface area contributed by atoms with Gasteiger partial charge in [0.15, 0.2) is 0 Å². The first kappa shape index (κ1) is 13.2. The summed E-state index contributed by atoms with van der Waals surface area (Å²) in [7, 11) is 0. The fraction of sp³-hybridized carbons (Fsp3) is 0.286. The van der Waals surface area contributed by atoms with E-state index in [-0.39, 0.29) is 6.04 Å². The van der Waals surface area contributed by atoms with E-state index in [1.165, 1.54) is 0 Å². The van der Waals surface area contributed by atoms with Crippen molar-refractivity contribution in [3.8, 4) is 5.75 Å². The molecule has 0 fully saturated rings. The van der Waals surface area contributed by atoms with Crippen molar-refractivity contribution in [1.29, 1.82) is 0 Å². The summed E-state index contributed by atoms with van der Waals surface area (Å²) >= 11 is 3.49. The van der Waals surface area contributed by atoms with Crippen LogP contribution in [-0.2, 0) is 0 Å². The molecule has 4 heteroatoms. The van der Waals surface area contributed by atoms with Crippen molar-refractivity contribution < 1.29 is 9.15 Å². The smallest absolute Gasteiger partial charge is 0.133 e. The molecule has 0 spiro atoms. The molecule has 0 radical (unpaired) electrons. The zero-order valence-electron chi connectivity index (χ0n) is 10.4. The van der Waals surface area contributed by atoms with E-state index >= 15 is 0 Å². The lowest BCUT2D eigenvalue weighted by molar-refractivity contribution is 0.338. The van der Waals surface area contributed by atoms with Crippen molar-refractivity contribution in [2.75, 3.05) is 6.61 Å². The normalized spacial score (nSPS) is 12.4. The van der Waals surface area contributed by atoms with Crippen LogP contribution in [0, 0.1) is 6.92 Å². The third kappa shape index (κ3) is 2.60. The second-order valence-electron chi connectivity index (χ2n) is 4.07. The molecular weight excluding hydrogens is 294 g/mol. The lowest BCUT2D eigenvalue weighted by Gasteiger charge is -2.13. The fourth-order valence-corrected chi connectivity index (χ4v) is 2.35. The van der Waals surface area contributed by atoms with Crippen molar-refractivity contribution in [3.63, 3.8) is 0 Å². The number of rotatable bonds is 4. The van der Waals surface area contributed by atoms with E-state index in [1.54, 1.807) is 6.26 Å². The average Bonchev–Trinajstić information content (AvgIpc) is 2.77. The molecule has 1 aromatic carbocycles. The Morgan fingerprint density at radius 3 is 2.72 bits per heavy atom. The molecule has 3 nitrogen and oxygen atoms in total. The van der Waals surface area contributed by atoms with Gasteiger partial charge in [0.05, 0.1) is 23.4 Å². The van der Waals surface area contributed by atoms with Gasteiger partial charge in [-0.05, 0) is 59.1 Å². The highest BCUT2D eigenvalue weighted by atomic mass is 79.9. The molecule has 1 heterocycles. The number of hydrogen-bond acceptors (Lipinski definition) is 3. The summed E-state index contributed by atoms with van der Waals surface area (Å²) in [6.07, 6.45) is 1.66. The fourth-order valence-electron chi connectivity index (χ4n) is 1.84. The van der Waals surface area contributed by atoms with Crippen molar-refractivity contribution in [2.45, 2.75) is 19.9 Å². The molecule has 0 saturated carbocycles. The summed E-state index contributed by atoms with van der Waals surface area (Å²) in [5.74, 6) is 1.62. The molecule has 0 amide bonds. The average molecular weight is 310 g/mol. The van der Waals surface area contributed by atoms with E-state index in [4.69, 9.17) is 14.9 Å². The van der Waals surface area contributed by atoms with Gasteiger partial charge >= 0.3 is 0 Å². The third-order valence-corrected chi connectivity index (χ3v) is 3.42. The Bertz CT molecular complexity index is 536. The van der Waals surface area contributed by atoms with Crippen molar-refractivity contribution >= 4 is 15.9 Å². The second-order valence-corrected chi connectivity index (χ2v) is 4.92. The van der Waals surface area contributed by atoms with Crippen LogP contribution in [-0.4, -0.2) is 6.61 Å². The van der Waals surface area contributed by atoms with Crippen LogP contribution in [0.25, 0.3) is 0 Å². The highest BCUT2D eigenvalue weighted by Crippen LogP contribution is 2.30. The Labute approximate surface area is 115 Å². The van der Waals surface area contributed by atoms with Crippen LogP contribution in [0.15, 0.2) is 39.4 Å². The first-order chi connectivity index (χ1) is 8.63. The van der Waals surface area contributed by atoms with E-state index in [0.717, 1.165) is 27.1 Å². The molecule has 2 rings (SSSR count). The molecule has 0 bridgehead atoms. The van der Waals surface area contributed by atoms with Crippen molar-refractivity contribution in [3.05, 3.63) is 51.9 Å². The molecule has 0 aliphatic heterocycles. The first-order valence-corrected chi connectivity index (χ1v) is 6.64. The minimum absolute atomic E-state index is 0.257. The number of nitrogens with two attached hydrogens (primary N) is 1. The van der Waals surface area contributed by atoms with Crippen LogP contribution in [0.2, 0.25) is 0 Å². The van der Waals surface area contributed by atoms with Crippen LogP contribution in [0.4, 0.5) is 0 Å². The summed E-state index contributed by atoms with van der Waals surface area (Å²) < 4.78 is 11.8. The lowest BCUT2D eigenvalue weighted by Crippen LogP contribution is -2.12. The Hall–Kier alpha value is -1.26. The molecule has 2 aromatic rings. The predicted octanol–water partition coefficient (Wildman–Crippen LogP) is 3.80. The SMILES string of the molecule is CCOc1ccc(C(N)c2occc2C)cc1Br. The maximum absolute atomic E-state index is 6.20. The van der Waals surface area contributed by atoms with Crippen molar-refractivity contribution in [2.24, 2.45) is 5.73 Å². The molecule has 1 aromatic heterocycles. The van der Waals surface area contributed by atoms with Crippen LogP contribution in [0.3, 0.4) is 0 Å². The van der Waals surface area contributed by atoms with E-state index in [9.17, 15) is 0 Å². The molecule has 0 saturated heterocycles. The number of furan rings is 1. The molecular formula is C14H16BrNO2. The van der Waals surface area contributed by atoms with E-state index in [2.05, 4.69) is 15.9 Å². The van der Waals surface area contributed by atoms with Gasteiger partial charge in [0.2, 0.25) is 0 Å². The van der Waals surface area contributed by atoms with E-state index < -0.39 is 0 Å². The van der Waals surface area contributed by atoms with Gasteiger partial charge in [-0.3, -0.25) is 0 Å². The predicted molar refractivity (Wildman–Crippen MR) is 74.8 cm³/mol. The molecule has 1 unspecified atom stereocenters. The minimum Gasteiger partial charge on any atom is -0.493 e. The highest BCUT2D eigenvalue weighted by molar-refractivity contribution is 9.10. The summed E-state index contributed by atoms with van der Waals surface area (Å²) in [6, 6.07) is 7.51. The summed E-state index contributed by atoms with van der Waals surface area (Å²) in [6.45, 7) is 4.59. The quantitative estimate of drug-likeness (QED) is 0.934. The van der Waals surface area contributed by atoms with Gasteiger partial charge in [0.25, 0.3) is 0 Å². The molecule has 0 aliphatic rings. The number of ether oxygens (including phenoxy) is 1. The Morgan fingerprint density at radius 2 is 2.17 bits per heavy atom. The summed E-state index contributed by atoms with van der Waals surface area (Å²) in [5.41, 5.74) is 8.25. The number of benzene rings is 1. The molecule has 18 heavy (non-hydrogen) atoms. The van der Waals surface area contributed by atoms with Gasteiger partial charge in [-0.2, -0.15) is 0 Å². The van der Waals surface area contributed by atoms with Gasteiger partial charge < -0.3 is 14.9 Å². The second kappa shape index (κ2) is 5.59. The van der Waals surface area contributed by atoms with Crippen LogP contribution >= 0.6 is 15.9 Å². The Morgan fingerprint density at radius 1 is 1.39 bits per heavy atom. The standard InChI is InChI=1S/C14H16BrNO2/c1-3-17-12-5-4-10(8-11(12)15)13(16)14-9(2)6-7-18-14/h4-8,13H,3,16H2,1-2H3. The monoisotopic (exact) mass is 309 g/mol. The number of aryl methyl sites for hydroxylation is 1. The molecule has 2 N–H and O–H groups in total. The third-order valence-electron chi connectivity index (χ3n) is 2.80. The summed E-state index contributed by atoms with van der Waals surface area (Å²) in [5, 5.41) is 0.